The van der Waals surface area contributed by atoms with Gasteiger partial charge in [0, 0.05) is 43.2 Å². The fourth-order valence-electron chi connectivity index (χ4n) is 7.70. The van der Waals surface area contributed by atoms with Gasteiger partial charge in [-0.2, -0.15) is 10.1 Å². The summed E-state index contributed by atoms with van der Waals surface area (Å²) in [6.07, 6.45) is 5.28. The minimum absolute atomic E-state index is 0.00338. The van der Waals surface area contributed by atoms with Gasteiger partial charge in [0.05, 0.1) is 0 Å². The lowest BCUT2D eigenvalue weighted by molar-refractivity contribution is 0.134. The molecule has 8 rings (SSSR count). The molecule has 0 unspecified atom stereocenters. The van der Waals surface area contributed by atoms with Crippen LogP contribution in [0.25, 0.3) is 16.6 Å². The second-order valence-electron chi connectivity index (χ2n) is 11.8. The van der Waals surface area contributed by atoms with E-state index >= 15 is 0 Å². The number of nitrogens with two attached hydrogens (primary N) is 1. The monoisotopic (exact) mass is 505 g/mol. The zero-order valence-electron chi connectivity index (χ0n) is 21.5. The number of aromatic amines is 2. The van der Waals surface area contributed by atoms with Crippen molar-refractivity contribution in [2.45, 2.75) is 30.7 Å². The highest BCUT2D eigenvalue weighted by atomic mass is 16.1. The lowest BCUT2D eigenvalue weighted by atomic mass is 9.73. The Hall–Kier alpha value is -3.75. The molecule has 2 aromatic carbocycles. The maximum absolute atomic E-state index is 13.5. The highest BCUT2D eigenvalue weighted by Crippen LogP contribution is 2.51. The average molecular weight is 506 g/mol. The van der Waals surface area contributed by atoms with Crippen LogP contribution in [0.4, 0.5) is 5.95 Å². The van der Waals surface area contributed by atoms with Gasteiger partial charge >= 0.3 is 0 Å². The van der Waals surface area contributed by atoms with Crippen LogP contribution in [0.2, 0.25) is 0 Å². The van der Waals surface area contributed by atoms with E-state index in [1.807, 2.05) is 0 Å². The van der Waals surface area contributed by atoms with Crippen molar-refractivity contribution in [3.8, 4) is 0 Å². The van der Waals surface area contributed by atoms with E-state index in [2.05, 4.69) is 86.6 Å². The molecule has 2 spiro atoms. The summed E-state index contributed by atoms with van der Waals surface area (Å²) in [6.45, 7) is 3.57. The van der Waals surface area contributed by atoms with Crippen LogP contribution in [-0.4, -0.2) is 58.3 Å². The summed E-state index contributed by atoms with van der Waals surface area (Å²) in [7, 11) is 2.14. The van der Waals surface area contributed by atoms with Crippen molar-refractivity contribution in [1.29, 1.82) is 0 Å². The first kappa shape index (κ1) is 22.3. The lowest BCUT2D eigenvalue weighted by Crippen LogP contribution is -2.55. The van der Waals surface area contributed by atoms with E-state index in [4.69, 9.17) is 10.7 Å². The Morgan fingerprint density at radius 2 is 1.82 bits per heavy atom. The molecule has 2 fully saturated rings. The first-order valence-corrected chi connectivity index (χ1v) is 13.5. The Balaban J connectivity index is 1.10. The quantitative estimate of drug-likeness (QED) is 0.387. The molecule has 1 atom stereocenters. The van der Waals surface area contributed by atoms with Gasteiger partial charge in [-0.15, -0.1) is 0 Å². The number of fused-ring (bicyclic) bond motifs is 4. The summed E-state index contributed by atoms with van der Waals surface area (Å²) >= 11 is 0. The van der Waals surface area contributed by atoms with E-state index < -0.39 is 0 Å². The minimum atomic E-state index is -0.149. The zero-order valence-corrected chi connectivity index (χ0v) is 21.5. The maximum atomic E-state index is 13.5. The van der Waals surface area contributed by atoms with Gasteiger partial charge in [0.2, 0.25) is 5.95 Å². The fourth-order valence-corrected chi connectivity index (χ4v) is 7.70. The van der Waals surface area contributed by atoms with Gasteiger partial charge in [0.15, 0.2) is 5.65 Å². The van der Waals surface area contributed by atoms with Gasteiger partial charge < -0.3 is 15.5 Å². The van der Waals surface area contributed by atoms with Crippen LogP contribution >= 0.6 is 0 Å². The molecule has 2 aliphatic heterocycles. The molecule has 2 saturated heterocycles. The van der Waals surface area contributed by atoms with Gasteiger partial charge in [-0.3, -0.25) is 14.9 Å². The molecule has 4 aliphatic rings. The number of benzene rings is 2. The highest BCUT2D eigenvalue weighted by molar-refractivity contribution is 5.96. The summed E-state index contributed by atoms with van der Waals surface area (Å²) in [5.41, 5.74) is 14.1. The Kier molecular flexibility index (Phi) is 4.48. The first-order chi connectivity index (χ1) is 18.5. The predicted octanol–water partition coefficient (Wildman–Crippen LogP) is 3.12. The molecule has 8 nitrogen and oxygen atoms in total. The number of H-pyrrole nitrogens is 2. The standard InChI is InChI=1S/C30H31N7O/c1-36-16-30(17-36)15-21(20-8-4-5-9-22(20)30)24-23-26(35-34-24)32-28(33-27(23)38)37-12-10-29(11-13-37)14-18-6-2-3-7-19(18)25(29)31/h2-9,15,25H,10-14,16-17,31H2,1H3,(H2,32,33,34,35,38)/t25-/m1/s1. The molecule has 0 bridgehead atoms. The van der Waals surface area contributed by atoms with Crippen LogP contribution in [0.15, 0.2) is 59.4 Å². The van der Waals surface area contributed by atoms with Crippen LogP contribution in [0.3, 0.4) is 0 Å². The number of piperidine rings is 1. The number of aromatic nitrogens is 4. The van der Waals surface area contributed by atoms with Crippen molar-refractivity contribution in [3.05, 3.63) is 92.9 Å². The fraction of sp³-hybridized carbons (Fsp3) is 0.367. The SMILES string of the molecule is CN1CC2(C=C(c3n[nH]c4nc(N5CCC6(CC5)Cc5ccccc5[C@H]6N)[nH]c(=O)c34)c3ccccc32)C1. The first-order valence-electron chi connectivity index (χ1n) is 13.5. The number of likely N-dealkylation sites (N-methyl/N-ethyl adjacent to an activating group) is 1. The Labute approximate surface area is 220 Å². The molecule has 0 amide bonds. The Bertz CT molecular complexity index is 1680. The molecule has 192 valence electrons. The molecule has 8 heteroatoms. The van der Waals surface area contributed by atoms with Gasteiger partial charge in [0.25, 0.3) is 5.56 Å². The van der Waals surface area contributed by atoms with Crippen molar-refractivity contribution >= 4 is 22.6 Å². The molecule has 0 radical (unpaired) electrons. The molecule has 0 saturated carbocycles. The van der Waals surface area contributed by atoms with E-state index in [9.17, 15) is 4.79 Å². The van der Waals surface area contributed by atoms with E-state index in [0.29, 0.717) is 22.7 Å². The summed E-state index contributed by atoms with van der Waals surface area (Å²) in [5.74, 6) is 0.606. The number of hydrogen-bond donors (Lipinski definition) is 3. The molecule has 4 N–H and O–H groups in total. The van der Waals surface area contributed by atoms with E-state index in [0.717, 1.165) is 56.6 Å². The van der Waals surface area contributed by atoms with Crippen LogP contribution in [0.5, 0.6) is 0 Å². The zero-order chi connectivity index (χ0) is 25.6. The van der Waals surface area contributed by atoms with Crippen molar-refractivity contribution < 1.29 is 0 Å². The smallest absolute Gasteiger partial charge is 0.264 e. The molecular weight excluding hydrogens is 474 g/mol. The molecular formula is C30H31N7O. The van der Waals surface area contributed by atoms with Crippen LogP contribution in [-0.2, 0) is 11.8 Å². The van der Waals surface area contributed by atoms with Crippen LogP contribution in [0.1, 0.15) is 46.8 Å². The van der Waals surface area contributed by atoms with Crippen LogP contribution in [0, 0.1) is 5.41 Å². The Morgan fingerprint density at radius 3 is 2.61 bits per heavy atom. The summed E-state index contributed by atoms with van der Waals surface area (Å²) in [6, 6.07) is 17.1. The van der Waals surface area contributed by atoms with E-state index in [-0.39, 0.29) is 22.4 Å². The number of hydrogen-bond acceptors (Lipinski definition) is 6. The summed E-state index contributed by atoms with van der Waals surface area (Å²) in [4.78, 5) is 25.9. The maximum Gasteiger partial charge on any atom is 0.264 e. The summed E-state index contributed by atoms with van der Waals surface area (Å²) < 4.78 is 0. The van der Waals surface area contributed by atoms with Gasteiger partial charge in [-0.1, -0.05) is 54.6 Å². The number of rotatable bonds is 2. The van der Waals surface area contributed by atoms with Crippen molar-refractivity contribution in [2.24, 2.45) is 11.1 Å². The number of nitrogens with one attached hydrogen (secondary N) is 2. The molecule has 38 heavy (non-hydrogen) atoms. The van der Waals surface area contributed by atoms with E-state index in [1.54, 1.807) is 0 Å². The normalized spacial score (nSPS) is 23.1. The van der Waals surface area contributed by atoms with Crippen LogP contribution < -0.4 is 16.2 Å². The number of nitrogens with zero attached hydrogens (tertiary/aromatic N) is 4. The number of anilines is 1. The molecule has 2 aromatic heterocycles. The third-order valence-electron chi connectivity index (χ3n) is 9.60. The third kappa shape index (κ3) is 2.95. The second kappa shape index (κ2) is 7.65. The topological polar surface area (TPSA) is 107 Å². The lowest BCUT2D eigenvalue weighted by Gasteiger charge is -2.45. The van der Waals surface area contributed by atoms with Crippen molar-refractivity contribution in [1.82, 2.24) is 25.1 Å². The Morgan fingerprint density at radius 1 is 1.05 bits per heavy atom. The average Bonchev–Trinajstić information content (AvgIpc) is 3.56. The highest BCUT2D eigenvalue weighted by Gasteiger charge is 2.47. The third-order valence-corrected chi connectivity index (χ3v) is 9.60. The molecule has 4 heterocycles. The largest absolute Gasteiger partial charge is 0.342 e. The minimum Gasteiger partial charge on any atom is -0.342 e. The predicted molar refractivity (Wildman–Crippen MR) is 148 cm³/mol. The van der Waals surface area contributed by atoms with Gasteiger partial charge in [-0.25, -0.2) is 0 Å². The van der Waals surface area contributed by atoms with Gasteiger partial charge in [-0.05, 0) is 54.0 Å². The van der Waals surface area contributed by atoms with Crippen molar-refractivity contribution in [2.75, 3.05) is 38.1 Å². The molecule has 4 aromatic rings. The van der Waals surface area contributed by atoms with Crippen molar-refractivity contribution in [3.63, 3.8) is 0 Å². The summed E-state index contributed by atoms with van der Waals surface area (Å²) in [5, 5.41) is 8.24. The van der Waals surface area contributed by atoms with E-state index in [1.165, 1.54) is 16.7 Å². The second-order valence-corrected chi connectivity index (χ2v) is 11.8. The molecule has 2 aliphatic carbocycles. The number of likely N-dealkylation sites (tertiary alicyclic amines) is 1. The van der Waals surface area contributed by atoms with Gasteiger partial charge in [0.1, 0.15) is 11.1 Å².